The van der Waals surface area contributed by atoms with Crippen molar-refractivity contribution >= 4 is 17.3 Å². The van der Waals surface area contributed by atoms with Crippen LogP contribution in [-0.2, 0) is 4.74 Å². The molecule has 0 atom stereocenters. The highest BCUT2D eigenvalue weighted by Crippen LogP contribution is 2.28. The molecular formula is C16H15NO2S. The zero-order chi connectivity index (χ0) is 14.8. The Bertz CT molecular complexity index is 674. The van der Waals surface area contributed by atoms with Crippen LogP contribution in [0.1, 0.15) is 36.0 Å². The van der Waals surface area contributed by atoms with Gasteiger partial charge in [0.15, 0.2) is 0 Å². The Labute approximate surface area is 122 Å². The number of carbonyl (C=O) groups is 1. The monoisotopic (exact) mass is 285 g/mol. The van der Waals surface area contributed by atoms with Crippen molar-refractivity contribution in [3.05, 3.63) is 46.8 Å². The second-order valence-corrected chi connectivity index (χ2v) is 6.44. The fourth-order valence-corrected chi connectivity index (χ4v) is 2.49. The van der Waals surface area contributed by atoms with Crippen LogP contribution in [0, 0.1) is 11.3 Å². The van der Waals surface area contributed by atoms with Crippen LogP contribution in [0.25, 0.3) is 10.4 Å². The summed E-state index contributed by atoms with van der Waals surface area (Å²) >= 11 is 1.41. The molecule has 2 aromatic rings. The summed E-state index contributed by atoms with van der Waals surface area (Å²) in [6.45, 7) is 5.52. The first kappa shape index (κ1) is 14.3. The summed E-state index contributed by atoms with van der Waals surface area (Å²) in [4.78, 5) is 13.7. The minimum absolute atomic E-state index is 0.337. The van der Waals surface area contributed by atoms with Crippen LogP contribution in [0.2, 0.25) is 0 Å². The van der Waals surface area contributed by atoms with Crippen molar-refractivity contribution in [1.82, 2.24) is 0 Å². The number of rotatable bonds is 2. The summed E-state index contributed by atoms with van der Waals surface area (Å²) in [5.41, 5.74) is 0.925. The molecule has 4 heteroatoms. The maximum absolute atomic E-state index is 12.0. The van der Waals surface area contributed by atoms with Gasteiger partial charge < -0.3 is 4.74 Å². The van der Waals surface area contributed by atoms with Crippen LogP contribution >= 0.6 is 11.3 Å². The van der Waals surface area contributed by atoms with Gasteiger partial charge >= 0.3 is 5.97 Å². The van der Waals surface area contributed by atoms with Crippen LogP contribution < -0.4 is 0 Å². The summed E-state index contributed by atoms with van der Waals surface area (Å²) in [5.74, 6) is -0.337. The third kappa shape index (κ3) is 3.46. The molecule has 0 N–H and O–H groups in total. The summed E-state index contributed by atoms with van der Waals surface area (Å²) < 4.78 is 5.35. The Balaban J connectivity index is 2.28. The number of hydrogen-bond donors (Lipinski definition) is 0. The Morgan fingerprint density at radius 2 is 2.00 bits per heavy atom. The molecule has 0 amide bonds. The van der Waals surface area contributed by atoms with Crippen molar-refractivity contribution in [2.45, 2.75) is 26.4 Å². The van der Waals surface area contributed by atoms with Gasteiger partial charge in [0.05, 0.1) is 5.56 Å². The molecule has 0 aliphatic carbocycles. The number of ether oxygens (including phenoxy) is 1. The number of nitrogens with zero attached hydrogens (tertiary/aromatic N) is 1. The summed E-state index contributed by atoms with van der Waals surface area (Å²) in [7, 11) is 0. The first-order valence-corrected chi connectivity index (χ1v) is 7.04. The minimum Gasteiger partial charge on any atom is -0.456 e. The summed E-state index contributed by atoms with van der Waals surface area (Å²) in [6, 6.07) is 13.0. The topological polar surface area (TPSA) is 50.1 Å². The van der Waals surface area contributed by atoms with Crippen LogP contribution in [0.3, 0.4) is 0 Å². The summed E-state index contributed by atoms with van der Waals surface area (Å²) in [5, 5.41) is 8.85. The highest BCUT2D eigenvalue weighted by molar-refractivity contribution is 7.16. The van der Waals surface area contributed by atoms with E-state index < -0.39 is 5.60 Å². The van der Waals surface area contributed by atoms with E-state index in [1.165, 1.54) is 11.3 Å². The lowest BCUT2D eigenvalue weighted by Gasteiger charge is -2.19. The van der Waals surface area contributed by atoms with E-state index in [-0.39, 0.29) is 5.97 Å². The van der Waals surface area contributed by atoms with Gasteiger partial charge in [0.1, 0.15) is 16.5 Å². The molecule has 1 heterocycles. The van der Waals surface area contributed by atoms with Gasteiger partial charge in [0.25, 0.3) is 0 Å². The molecule has 0 saturated carbocycles. The molecule has 2 rings (SSSR count). The Kier molecular flexibility index (Phi) is 3.91. The molecule has 3 nitrogen and oxygen atoms in total. The molecule has 0 aliphatic heterocycles. The zero-order valence-corrected chi connectivity index (χ0v) is 12.5. The molecule has 0 aliphatic rings. The SMILES string of the molecule is CC(C)(C)OC(=O)c1cccc(-c2ccc(C#N)s2)c1. The Morgan fingerprint density at radius 3 is 2.60 bits per heavy atom. The van der Waals surface area contributed by atoms with Gasteiger partial charge in [-0.25, -0.2) is 4.79 Å². The van der Waals surface area contributed by atoms with Crippen LogP contribution in [0.15, 0.2) is 36.4 Å². The molecular weight excluding hydrogens is 270 g/mol. The number of esters is 1. The number of benzene rings is 1. The maximum atomic E-state index is 12.0. The van der Waals surface area contributed by atoms with Crippen molar-refractivity contribution in [1.29, 1.82) is 5.26 Å². The van der Waals surface area contributed by atoms with E-state index in [0.717, 1.165) is 10.4 Å². The van der Waals surface area contributed by atoms with Crippen molar-refractivity contribution in [2.75, 3.05) is 0 Å². The lowest BCUT2D eigenvalue weighted by Crippen LogP contribution is -2.23. The molecule has 20 heavy (non-hydrogen) atoms. The van der Waals surface area contributed by atoms with E-state index in [1.807, 2.05) is 39.0 Å². The smallest absolute Gasteiger partial charge is 0.338 e. The maximum Gasteiger partial charge on any atom is 0.338 e. The highest BCUT2D eigenvalue weighted by Gasteiger charge is 2.18. The van der Waals surface area contributed by atoms with E-state index >= 15 is 0 Å². The van der Waals surface area contributed by atoms with Crippen LogP contribution in [-0.4, -0.2) is 11.6 Å². The second kappa shape index (κ2) is 5.48. The van der Waals surface area contributed by atoms with E-state index in [2.05, 4.69) is 6.07 Å². The molecule has 1 aromatic carbocycles. The molecule has 0 fully saturated rings. The normalized spacial score (nSPS) is 10.9. The van der Waals surface area contributed by atoms with Crippen molar-refractivity contribution in [2.24, 2.45) is 0 Å². The number of nitriles is 1. The lowest BCUT2D eigenvalue weighted by molar-refractivity contribution is 0.00696. The first-order chi connectivity index (χ1) is 9.39. The fourth-order valence-electron chi connectivity index (χ4n) is 1.69. The van der Waals surface area contributed by atoms with Gasteiger partial charge in [-0.05, 0) is 50.6 Å². The Hall–Kier alpha value is -2.12. The van der Waals surface area contributed by atoms with Crippen molar-refractivity contribution in [3.63, 3.8) is 0 Å². The third-order valence-corrected chi connectivity index (χ3v) is 3.54. The molecule has 1 aromatic heterocycles. The molecule has 0 radical (unpaired) electrons. The van der Waals surface area contributed by atoms with Gasteiger partial charge in [-0.3, -0.25) is 0 Å². The third-order valence-electron chi connectivity index (χ3n) is 2.50. The standard InChI is InChI=1S/C16H15NO2S/c1-16(2,3)19-15(18)12-6-4-5-11(9-12)14-8-7-13(10-17)20-14/h4-9H,1-3H3. The number of carbonyl (C=O) groups excluding carboxylic acids is 1. The predicted octanol–water partition coefficient (Wildman–Crippen LogP) is 4.24. The zero-order valence-electron chi connectivity index (χ0n) is 11.6. The van der Waals surface area contributed by atoms with Gasteiger partial charge in [-0.1, -0.05) is 12.1 Å². The minimum atomic E-state index is -0.510. The summed E-state index contributed by atoms with van der Waals surface area (Å²) in [6.07, 6.45) is 0. The highest BCUT2D eigenvalue weighted by atomic mass is 32.1. The number of thiophene rings is 1. The van der Waals surface area contributed by atoms with Crippen LogP contribution in [0.5, 0.6) is 0 Å². The van der Waals surface area contributed by atoms with E-state index in [0.29, 0.717) is 10.4 Å². The van der Waals surface area contributed by atoms with E-state index in [4.69, 9.17) is 10.00 Å². The Morgan fingerprint density at radius 1 is 1.25 bits per heavy atom. The lowest BCUT2D eigenvalue weighted by atomic mass is 10.1. The van der Waals surface area contributed by atoms with Crippen molar-refractivity contribution in [3.8, 4) is 16.5 Å². The molecule has 0 unspecified atom stereocenters. The molecule has 0 bridgehead atoms. The number of hydrogen-bond acceptors (Lipinski definition) is 4. The quantitative estimate of drug-likeness (QED) is 0.775. The van der Waals surface area contributed by atoms with E-state index in [1.54, 1.807) is 18.2 Å². The largest absolute Gasteiger partial charge is 0.456 e. The van der Waals surface area contributed by atoms with Gasteiger partial charge in [0.2, 0.25) is 0 Å². The average molecular weight is 285 g/mol. The molecule has 102 valence electrons. The average Bonchev–Trinajstić information content (AvgIpc) is 2.85. The van der Waals surface area contributed by atoms with Gasteiger partial charge in [-0.15, -0.1) is 11.3 Å². The van der Waals surface area contributed by atoms with E-state index in [9.17, 15) is 4.79 Å². The predicted molar refractivity (Wildman–Crippen MR) is 79.6 cm³/mol. The fraction of sp³-hybridized carbons (Fsp3) is 0.250. The first-order valence-electron chi connectivity index (χ1n) is 6.23. The molecule has 0 spiro atoms. The molecule has 0 saturated heterocycles. The van der Waals surface area contributed by atoms with Crippen molar-refractivity contribution < 1.29 is 9.53 Å². The van der Waals surface area contributed by atoms with Gasteiger partial charge in [0, 0.05) is 4.88 Å². The second-order valence-electron chi connectivity index (χ2n) is 5.36. The van der Waals surface area contributed by atoms with Crippen LogP contribution in [0.4, 0.5) is 0 Å². The van der Waals surface area contributed by atoms with Gasteiger partial charge in [-0.2, -0.15) is 5.26 Å².